The minimum atomic E-state index is -0.289. The summed E-state index contributed by atoms with van der Waals surface area (Å²) in [6.45, 7) is 6.05. The van der Waals surface area contributed by atoms with Crippen LogP contribution in [0.2, 0.25) is 0 Å². The van der Waals surface area contributed by atoms with Crippen LogP contribution >= 0.6 is 0 Å². The van der Waals surface area contributed by atoms with Crippen LogP contribution in [0.4, 0.5) is 4.39 Å². The molecule has 3 aromatic carbocycles. The van der Waals surface area contributed by atoms with Gasteiger partial charge in [0.25, 0.3) is 5.56 Å². The van der Waals surface area contributed by atoms with Gasteiger partial charge in [-0.1, -0.05) is 49.4 Å². The predicted molar refractivity (Wildman–Crippen MR) is 152 cm³/mol. The summed E-state index contributed by atoms with van der Waals surface area (Å²) in [5.74, 6) is 1.19. The largest absolute Gasteiger partial charge is 0.494 e. The Bertz CT molecular complexity index is 1600. The number of rotatable bonds is 12. The lowest BCUT2D eigenvalue weighted by Gasteiger charge is -2.30. The van der Waals surface area contributed by atoms with E-state index in [1.807, 2.05) is 54.1 Å². The van der Waals surface area contributed by atoms with Gasteiger partial charge in [-0.05, 0) is 77.7 Å². The molecule has 1 unspecified atom stereocenters. The number of H-pyrrole nitrogens is 1. The molecule has 0 saturated carbocycles. The highest BCUT2D eigenvalue weighted by molar-refractivity contribution is 5.80. The van der Waals surface area contributed by atoms with Crippen LogP contribution < -0.4 is 10.3 Å². The van der Waals surface area contributed by atoms with Gasteiger partial charge < -0.3 is 9.72 Å². The van der Waals surface area contributed by atoms with Gasteiger partial charge in [-0.2, -0.15) is 0 Å². The fourth-order valence-corrected chi connectivity index (χ4v) is 5.02. The second kappa shape index (κ2) is 12.7. The maximum absolute atomic E-state index is 13.7. The topological polar surface area (TPSA) is 88.9 Å². The van der Waals surface area contributed by atoms with E-state index in [9.17, 15) is 9.18 Å². The molecule has 1 atom stereocenters. The number of tetrazole rings is 1. The third-order valence-electron chi connectivity index (χ3n) is 7.02. The lowest BCUT2D eigenvalue weighted by atomic mass is 10.1. The van der Waals surface area contributed by atoms with Gasteiger partial charge in [-0.3, -0.25) is 9.69 Å². The number of nitrogens with zero attached hydrogens (tertiary/aromatic N) is 5. The number of ether oxygens (including phenoxy) is 1. The van der Waals surface area contributed by atoms with Crippen molar-refractivity contribution in [1.29, 1.82) is 0 Å². The van der Waals surface area contributed by atoms with Gasteiger partial charge in [-0.15, -0.1) is 5.10 Å². The normalized spacial score (nSPS) is 12.2. The van der Waals surface area contributed by atoms with Gasteiger partial charge in [0.15, 0.2) is 5.82 Å². The van der Waals surface area contributed by atoms with E-state index in [4.69, 9.17) is 4.74 Å². The van der Waals surface area contributed by atoms with Gasteiger partial charge in [-0.25, -0.2) is 9.07 Å². The van der Waals surface area contributed by atoms with Gasteiger partial charge in [0, 0.05) is 36.1 Å². The molecule has 8 nitrogen and oxygen atoms in total. The Morgan fingerprint density at radius 1 is 0.975 bits per heavy atom. The van der Waals surface area contributed by atoms with Gasteiger partial charge in [0.05, 0.1) is 12.6 Å². The Morgan fingerprint density at radius 2 is 1.77 bits per heavy atom. The lowest BCUT2D eigenvalue weighted by Crippen LogP contribution is -2.32. The first-order valence-electron chi connectivity index (χ1n) is 13.6. The zero-order valence-electron chi connectivity index (χ0n) is 22.8. The minimum Gasteiger partial charge on any atom is -0.494 e. The molecule has 1 N–H and O–H groups in total. The average Bonchev–Trinajstić information content (AvgIpc) is 3.43. The fraction of sp³-hybridized carbons (Fsp3) is 0.290. The molecule has 0 radical (unpaired) electrons. The van der Waals surface area contributed by atoms with Crippen LogP contribution in [-0.2, 0) is 26.1 Å². The quantitative estimate of drug-likeness (QED) is 0.226. The molecule has 2 heterocycles. The first-order chi connectivity index (χ1) is 19.5. The Hall–Kier alpha value is -4.37. The van der Waals surface area contributed by atoms with Crippen molar-refractivity contribution in [3.63, 3.8) is 0 Å². The molecule has 5 aromatic rings. The van der Waals surface area contributed by atoms with E-state index in [1.54, 1.807) is 12.1 Å². The smallest absolute Gasteiger partial charge is 0.252 e. The molecule has 5 rings (SSSR count). The molecule has 40 heavy (non-hydrogen) atoms. The minimum absolute atomic E-state index is 0.153. The van der Waals surface area contributed by atoms with E-state index in [2.05, 4.69) is 44.5 Å². The summed E-state index contributed by atoms with van der Waals surface area (Å²) in [4.78, 5) is 18.4. The van der Waals surface area contributed by atoms with Gasteiger partial charge >= 0.3 is 0 Å². The van der Waals surface area contributed by atoms with Gasteiger partial charge in [0.2, 0.25) is 0 Å². The highest BCUT2D eigenvalue weighted by Gasteiger charge is 2.26. The number of nitrogens with one attached hydrogen (secondary N) is 1. The summed E-state index contributed by atoms with van der Waals surface area (Å²) in [5.41, 5.74) is 3.34. The van der Waals surface area contributed by atoms with Crippen molar-refractivity contribution in [2.75, 3.05) is 6.61 Å². The molecule has 0 fully saturated rings. The zero-order chi connectivity index (χ0) is 27.9. The Labute approximate surface area is 232 Å². The van der Waals surface area contributed by atoms with Crippen molar-refractivity contribution in [2.24, 2.45) is 0 Å². The second-order valence-corrected chi connectivity index (χ2v) is 9.76. The zero-order valence-corrected chi connectivity index (χ0v) is 22.8. The molecule has 0 aliphatic heterocycles. The Balaban J connectivity index is 1.48. The summed E-state index contributed by atoms with van der Waals surface area (Å²) < 4.78 is 21.2. The van der Waals surface area contributed by atoms with Gasteiger partial charge in [0.1, 0.15) is 11.6 Å². The highest BCUT2D eigenvalue weighted by atomic mass is 19.1. The molecule has 0 amide bonds. The third-order valence-corrected chi connectivity index (χ3v) is 7.02. The van der Waals surface area contributed by atoms with Crippen LogP contribution in [0.5, 0.6) is 5.75 Å². The summed E-state index contributed by atoms with van der Waals surface area (Å²) >= 11 is 0. The first-order valence-corrected chi connectivity index (χ1v) is 13.6. The SMILES string of the molecule is CCOc1ccc2[nH]c(=O)c(CN(Cc3ccc(F)cc3)C(CC)c3nnnn3CCc3ccccc3)cc2c1. The molecule has 0 spiro atoms. The molecule has 0 aliphatic rings. The van der Waals surface area contributed by atoms with Crippen LogP contribution in [0.1, 0.15) is 48.8 Å². The van der Waals surface area contributed by atoms with Crippen molar-refractivity contribution < 1.29 is 9.13 Å². The molecular formula is C31H33FN6O2. The van der Waals surface area contributed by atoms with E-state index in [-0.39, 0.29) is 17.4 Å². The van der Waals surface area contributed by atoms with E-state index < -0.39 is 0 Å². The number of pyridine rings is 1. The van der Waals surface area contributed by atoms with Crippen molar-refractivity contribution in [3.8, 4) is 5.75 Å². The fourth-order valence-electron chi connectivity index (χ4n) is 5.02. The van der Waals surface area contributed by atoms with Crippen molar-refractivity contribution >= 4 is 10.9 Å². The van der Waals surface area contributed by atoms with E-state index >= 15 is 0 Å². The average molecular weight is 541 g/mol. The number of hydrogen-bond acceptors (Lipinski definition) is 6. The number of aryl methyl sites for hydroxylation is 2. The summed E-state index contributed by atoms with van der Waals surface area (Å²) in [7, 11) is 0. The number of aromatic amines is 1. The molecule has 9 heteroatoms. The monoisotopic (exact) mass is 540 g/mol. The number of halogens is 1. The molecular weight excluding hydrogens is 507 g/mol. The van der Waals surface area contributed by atoms with Crippen molar-refractivity contribution in [1.82, 2.24) is 30.1 Å². The molecule has 0 bridgehead atoms. The standard InChI is InChI=1S/C31H33FN6O2/c1-3-29(30-34-35-36-38(30)17-16-22-8-6-5-7-9-22)37(20-23-10-12-26(32)13-11-23)21-25-18-24-19-27(40-4-2)14-15-28(24)33-31(25)39/h5-15,18-19,29H,3-4,16-17,20-21H2,1-2H3,(H,33,39). The van der Waals surface area contributed by atoms with Crippen molar-refractivity contribution in [3.05, 3.63) is 118 Å². The summed E-state index contributed by atoms with van der Waals surface area (Å²) in [6.07, 6.45) is 1.51. The third kappa shape index (κ3) is 6.43. The number of hydrogen-bond donors (Lipinski definition) is 1. The van der Waals surface area contributed by atoms with Crippen LogP contribution in [0, 0.1) is 5.82 Å². The summed E-state index contributed by atoms with van der Waals surface area (Å²) in [5, 5.41) is 13.6. The molecule has 206 valence electrons. The van der Waals surface area contributed by atoms with Crippen LogP contribution in [0.15, 0.2) is 83.7 Å². The van der Waals surface area contributed by atoms with E-state index in [1.165, 1.54) is 17.7 Å². The predicted octanol–water partition coefficient (Wildman–Crippen LogP) is 5.45. The van der Waals surface area contributed by atoms with Crippen LogP contribution in [0.25, 0.3) is 10.9 Å². The molecule has 2 aromatic heterocycles. The van der Waals surface area contributed by atoms with Crippen LogP contribution in [0.3, 0.4) is 0 Å². The van der Waals surface area contributed by atoms with E-state index in [0.717, 1.165) is 34.5 Å². The Morgan fingerprint density at radius 3 is 2.52 bits per heavy atom. The number of fused-ring (bicyclic) bond motifs is 1. The maximum atomic E-state index is 13.7. The van der Waals surface area contributed by atoms with Crippen LogP contribution in [-0.4, -0.2) is 36.7 Å². The number of aromatic nitrogens is 5. The Kier molecular flexibility index (Phi) is 8.61. The molecule has 0 aliphatic carbocycles. The lowest BCUT2D eigenvalue weighted by molar-refractivity contribution is 0.160. The maximum Gasteiger partial charge on any atom is 0.252 e. The number of benzene rings is 3. The van der Waals surface area contributed by atoms with Crippen molar-refractivity contribution in [2.45, 2.75) is 52.4 Å². The summed E-state index contributed by atoms with van der Waals surface area (Å²) in [6, 6.07) is 24.0. The molecule has 0 saturated heterocycles. The second-order valence-electron chi connectivity index (χ2n) is 9.76. The highest BCUT2D eigenvalue weighted by Crippen LogP contribution is 2.27. The van der Waals surface area contributed by atoms with E-state index in [0.29, 0.717) is 38.2 Å². The first kappa shape index (κ1) is 27.2.